The summed E-state index contributed by atoms with van der Waals surface area (Å²) in [6, 6.07) is 7.53. The summed E-state index contributed by atoms with van der Waals surface area (Å²) in [7, 11) is 0. The van der Waals surface area contributed by atoms with Gasteiger partial charge in [0.25, 0.3) is 0 Å². The lowest BCUT2D eigenvalue weighted by Gasteiger charge is -2.09. The van der Waals surface area contributed by atoms with Gasteiger partial charge >= 0.3 is 11.9 Å². The molecule has 1 N–H and O–H groups in total. The molecule has 0 heterocycles. The van der Waals surface area contributed by atoms with Gasteiger partial charge in [-0.3, -0.25) is 4.79 Å². The minimum Gasteiger partial charge on any atom is -0.466 e. The van der Waals surface area contributed by atoms with Crippen molar-refractivity contribution in [3.8, 4) is 0 Å². The molecule has 0 saturated carbocycles. The van der Waals surface area contributed by atoms with Crippen molar-refractivity contribution in [3.05, 3.63) is 29.8 Å². The van der Waals surface area contributed by atoms with Gasteiger partial charge in [0.2, 0.25) is 0 Å². The Labute approximate surface area is 202 Å². The molecule has 0 amide bonds. The lowest BCUT2D eigenvalue weighted by Crippen LogP contribution is -2.11. The molecular formula is C28H47NO4. The van der Waals surface area contributed by atoms with Gasteiger partial charge < -0.3 is 14.8 Å². The second kappa shape index (κ2) is 19.4. The number of carbonyl (C=O) groups excluding carboxylic acids is 2. The zero-order valence-electron chi connectivity index (χ0n) is 21.3. The highest BCUT2D eigenvalue weighted by Gasteiger charge is 2.08. The van der Waals surface area contributed by atoms with Gasteiger partial charge in [-0.05, 0) is 57.9 Å². The van der Waals surface area contributed by atoms with E-state index in [-0.39, 0.29) is 18.0 Å². The van der Waals surface area contributed by atoms with Crippen molar-refractivity contribution >= 4 is 17.6 Å². The molecule has 0 radical (unpaired) electrons. The molecule has 5 heteroatoms. The fourth-order valence-corrected chi connectivity index (χ4v) is 3.81. The van der Waals surface area contributed by atoms with Crippen LogP contribution in [0.1, 0.15) is 121 Å². The molecule has 1 rings (SSSR count). The van der Waals surface area contributed by atoms with Crippen LogP contribution in [-0.2, 0) is 14.3 Å². The Morgan fingerprint density at radius 2 is 1.24 bits per heavy atom. The summed E-state index contributed by atoms with van der Waals surface area (Å²) in [4.78, 5) is 23.1. The summed E-state index contributed by atoms with van der Waals surface area (Å²) >= 11 is 0. The maximum absolute atomic E-state index is 11.9. The second-order valence-electron chi connectivity index (χ2n) is 9.11. The first-order valence-corrected chi connectivity index (χ1v) is 13.2. The Kier molecular flexibility index (Phi) is 17.1. The minimum atomic E-state index is -0.264. The lowest BCUT2D eigenvalue weighted by atomic mass is 10.0. The number of esters is 2. The van der Waals surface area contributed by atoms with Gasteiger partial charge in [0.05, 0.1) is 18.3 Å². The van der Waals surface area contributed by atoms with E-state index < -0.39 is 0 Å². The normalized spacial score (nSPS) is 10.9. The number of unbranched alkanes of at least 4 members (excludes halogenated alkanes) is 12. The molecule has 0 unspecified atom stereocenters. The molecule has 1 aromatic carbocycles. The van der Waals surface area contributed by atoms with E-state index in [2.05, 4.69) is 5.32 Å². The van der Waals surface area contributed by atoms with Crippen molar-refractivity contribution in [2.45, 2.75) is 117 Å². The predicted molar refractivity (Wildman–Crippen MR) is 137 cm³/mol. The smallest absolute Gasteiger partial charge is 0.338 e. The van der Waals surface area contributed by atoms with Crippen molar-refractivity contribution in [1.29, 1.82) is 0 Å². The average molecular weight is 462 g/mol. The molecule has 0 aliphatic heterocycles. The maximum Gasteiger partial charge on any atom is 0.338 e. The van der Waals surface area contributed by atoms with Gasteiger partial charge in [0, 0.05) is 18.7 Å². The molecular weight excluding hydrogens is 414 g/mol. The molecule has 0 atom stereocenters. The third kappa shape index (κ3) is 16.3. The number of nitrogens with one attached hydrogen (secondary N) is 1. The Morgan fingerprint density at radius 1 is 0.758 bits per heavy atom. The van der Waals surface area contributed by atoms with Crippen LogP contribution in [0.5, 0.6) is 0 Å². The van der Waals surface area contributed by atoms with Crippen LogP contribution < -0.4 is 5.32 Å². The standard InChI is InChI=1S/C28H47NO4/c1-4-32-27(30)18-16-14-12-10-8-6-5-7-9-11-13-15-17-23-29-26-21-19-25(20-22-26)28(31)33-24(2)3/h19-22,24,29H,4-18,23H2,1-3H3. The molecule has 0 aromatic heterocycles. The zero-order chi connectivity index (χ0) is 24.2. The van der Waals surface area contributed by atoms with Crippen LogP contribution in [0.2, 0.25) is 0 Å². The van der Waals surface area contributed by atoms with Crippen molar-refractivity contribution in [3.63, 3.8) is 0 Å². The number of benzene rings is 1. The molecule has 33 heavy (non-hydrogen) atoms. The summed E-state index contributed by atoms with van der Waals surface area (Å²) in [6.07, 6.45) is 16.9. The average Bonchev–Trinajstić information content (AvgIpc) is 2.79. The largest absolute Gasteiger partial charge is 0.466 e. The highest BCUT2D eigenvalue weighted by Crippen LogP contribution is 2.14. The van der Waals surface area contributed by atoms with Crippen LogP contribution in [0.4, 0.5) is 5.69 Å². The number of hydrogen-bond donors (Lipinski definition) is 1. The molecule has 0 bridgehead atoms. The number of hydrogen-bond acceptors (Lipinski definition) is 5. The molecule has 0 aliphatic rings. The van der Waals surface area contributed by atoms with Gasteiger partial charge in [-0.1, -0.05) is 70.6 Å². The van der Waals surface area contributed by atoms with Crippen LogP contribution in [-0.4, -0.2) is 31.2 Å². The van der Waals surface area contributed by atoms with Crippen LogP contribution in [0.3, 0.4) is 0 Å². The summed E-state index contributed by atoms with van der Waals surface area (Å²) in [5, 5.41) is 3.43. The van der Waals surface area contributed by atoms with Crippen LogP contribution in [0.25, 0.3) is 0 Å². The molecule has 0 aliphatic carbocycles. The summed E-state index contributed by atoms with van der Waals surface area (Å²) in [6.45, 7) is 7.03. The van der Waals surface area contributed by atoms with Crippen LogP contribution in [0.15, 0.2) is 24.3 Å². The van der Waals surface area contributed by atoms with E-state index in [4.69, 9.17) is 9.47 Å². The SMILES string of the molecule is CCOC(=O)CCCCCCCCCCCCCCCNc1ccc(C(=O)OC(C)C)cc1. The Balaban J connectivity index is 1.86. The molecule has 0 saturated heterocycles. The van der Waals surface area contributed by atoms with Gasteiger partial charge in [-0.25, -0.2) is 4.79 Å². The maximum atomic E-state index is 11.9. The minimum absolute atomic E-state index is 0.0504. The zero-order valence-corrected chi connectivity index (χ0v) is 21.3. The van der Waals surface area contributed by atoms with Gasteiger partial charge in [-0.2, -0.15) is 0 Å². The second-order valence-corrected chi connectivity index (χ2v) is 9.11. The highest BCUT2D eigenvalue weighted by atomic mass is 16.5. The topological polar surface area (TPSA) is 64.6 Å². The van der Waals surface area contributed by atoms with Gasteiger partial charge in [-0.15, -0.1) is 0 Å². The fraction of sp³-hybridized carbons (Fsp3) is 0.714. The van der Waals surface area contributed by atoms with E-state index in [0.717, 1.165) is 25.1 Å². The van der Waals surface area contributed by atoms with Crippen molar-refractivity contribution in [2.75, 3.05) is 18.5 Å². The van der Waals surface area contributed by atoms with E-state index >= 15 is 0 Å². The fourth-order valence-electron chi connectivity index (χ4n) is 3.81. The monoisotopic (exact) mass is 461 g/mol. The van der Waals surface area contributed by atoms with Crippen molar-refractivity contribution in [2.24, 2.45) is 0 Å². The molecule has 0 spiro atoms. The Hall–Kier alpha value is -2.04. The van der Waals surface area contributed by atoms with Crippen LogP contribution >= 0.6 is 0 Å². The molecule has 188 valence electrons. The molecule has 0 fully saturated rings. The number of ether oxygens (including phenoxy) is 2. The first-order valence-electron chi connectivity index (χ1n) is 13.2. The van der Waals surface area contributed by atoms with Crippen molar-refractivity contribution < 1.29 is 19.1 Å². The van der Waals surface area contributed by atoms with Crippen LogP contribution in [0, 0.1) is 0 Å². The molecule has 5 nitrogen and oxygen atoms in total. The quantitative estimate of drug-likeness (QED) is 0.159. The number of anilines is 1. The van der Waals surface area contributed by atoms with E-state index in [9.17, 15) is 9.59 Å². The van der Waals surface area contributed by atoms with Gasteiger partial charge in [0.1, 0.15) is 0 Å². The lowest BCUT2D eigenvalue weighted by molar-refractivity contribution is -0.143. The van der Waals surface area contributed by atoms with E-state index in [0.29, 0.717) is 18.6 Å². The van der Waals surface area contributed by atoms with E-state index in [1.54, 1.807) is 0 Å². The predicted octanol–water partition coefficient (Wildman–Crippen LogP) is 7.69. The molecule has 1 aromatic rings. The first-order chi connectivity index (χ1) is 16.0. The Bertz CT molecular complexity index is 627. The third-order valence-corrected chi connectivity index (χ3v) is 5.66. The van der Waals surface area contributed by atoms with E-state index in [1.807, 2.05) is 45.0 Å². The Morgan fingerprint density at radius 3 is 1.73 bits per heavy atom. The summed E-state index contributed by atoms with van der Waals surface area (Å²) < 4.78 is 10.2. The third-order valence-electron chi connectivity index (χ3n) is 5.66. The summed E-state index contributed by atoms with van der Waals surface area (Å²) in [5.74, 6) is -0.315. The first kappa shape index (κ1) is 29.0. The van der Waals surface area contributed by atoms with Gasteiger partial charge in [0.15, 0.2) is 0 Å². The summed E-state index contributed by atoms with van der Waals surface area (Å²) in [5.41, 5.74) is 1.65. The highest BCUT2D eigenvalue weighted by molar-refractivity contribution is 5.89. The van der Waals surface area contributed by atoms with Crippen molar-refractivity contribution in [1.82, 2.24) is 0 Å². The van der Waals surface area contributed by atoms with E-state index in [1.165, 1.54) is 70.6 Å². The number of rotatable bonds is 20. The number of carbonyl (C=O) groups is 2.